The van der Waals surface area contributed by atoms with Gasteiger partial charge in [0.15, 0.2) is 5.96 Å². The summed E-state index contributed by atoms with van der Waals surface area (Å²) in [5.74, 6) is 1.72. The maximum atomic E-state index is 11.7. The van der Waals surface area contributed by atoms with Gasteiger partial charge in [0.2, 0.25) is 11.9 Å². The molecule has 0 saturated carbocycles. The van der Waals surface area contributed by atoms with E-state index < -0.39 is 0 Å². The zero-order valence-corrected chi connectivity index (χ0v) is 17.1. The van der Waals surface area contributed by atoms with E-state index in [0.29, 0.717) is 13.0 Å². The van der Waals surface area contributed by atoms with Gasteiger partial charge in [0.1, 0.15) is 0 Å². The lowest BCUT2D eigenvalue weighted by molar-refractivity contribution is -0.116. The minimum Gasteiger partial charge on any atom is -0.352 e. The second-order valence-corrected chi connectivity index (χ2v) is 6.92. The number of hydrogen-bond acceptors (Lipinski definition) is 5. The Morgan fingerprint density at radius 1 is 1.10 bits per heavy atom. The molecule has 1 fully saturated rings. The van der Waals surface area contributed by atoms with Crippen LogP contribution < -0.4 is 15.5 Å². The van der Waals surface area contributed by atoms with E-state index >= 15 is 0 Å². The lowest BCUT2D eigenvalue weighted by Crippen LogP contribution is -2.52. The van der Waals surface area contributed by atoms with Crippen LogP contribution in [-0.4, -0.2) is 60.0 Å². The van der Waals surface area contributed by atoms with Gasteiger partial charge in [-0.15, -0.1) is 0 Å². The van der Waals surface area contributed by atoms with Crippen LogP contribution in [0.15, 0.2) is 47.7 Å². The van der Waals surface area contributed by atoms with Gasteiger partial charge in [-0.1, -0.05) is 19.1 Å². The smallest absolute Gasteiger partial charge is 0.225 e. The molecule has 1 amide bonds. The number of aliphatic imine (C=N–C) groups is 1. The van der Waals surface area contributed by atoms with Gasteiger partial charge in [-0.2, -0.15) is 0 Å². The summed E-state index contributed by atoms with van der Waals surface area (Å²) in [6.07, 6.45) is 4.94. The largest absolute Gasteiger partial charge is 0.352 e. The summed E-state index contributed by atoms with van der Waals surface area (Å²) in [5, 5.41) is 6.34. The molecule has 8 heteroatoms. The number of guanidine groups is 1. The molecule has 1 aliphatic heterocycles. The molecular formula is C21H29N7O. The number of nitrogens with zero attached hydrogens (tertiary/aromatic N) is 5. The third-order valence-electron chi connectivity index (χ3n) is 4.79. The Kier molecular flexibility index (Phi) is 7.38. The van der Waals surface area contributed by atoms with E-state index in [1.807, 2.05) is 37.3 Å². The molecule has 2 heterocycles. The molecule has 2 aromatic rings. The summed E-state index contributed by atoms with van der Waals surface area (Å²) in [6, 6.07) is 9.74. The Morgan fingerprint density at radius 3 is 2.41 bits per heavy atom. The maximum Gasteiger partial charge on any atom is 0.225 e. The van der Waals surface area contributed by atoms with Gasteiger partial charge in [0.25, 0.3) is 0 Å². The van der Waals surface area contributed by atoms with Crippen molar-refractivity contribution in [2.75, 3.05) is 43.4 Å². The number of carbonyl (C=O) groups excluding carboxylic acids is 1. The first kappa shape index (κ1) is 20.6. The van der Waals surface area contributed by atoms with Crippen LogP contribution in [-0.2, 0) is 11.3 Å². The second kappa shape index (κ2) is 10.4. The summed E-state index contributed by atoms with van der Waals surface area (Å²) in [4.78, 5) is 29.2. The van der Waals surface area contributed by atoms with Gasteiger partial charge in [0, 0.05) is 64.3 Å². The molecule has 154 valence electrons. The fourth-order valence-corrected chi connectivity index (χ4v) is 3.24. The molecule has 0 radical (unpaired) electrons. The number of nitrogens with one attached hydrogen (secondary N) is 2. The van der Waals surface area contributed by atoms with Crippen molar-refractivity contribution >= 4 is 23.5 Å². The maximum absolute atomic E-state index is 11.7. The van der Waals surface area contributed by atoms with Gasteiger partial charge in [0.05, 0.1) is 0 Å². The van der Waals surface area contributed by atoms with Crippen molar-refractivity contribution in [2.45, 2.75) is 26.3 Å². The Morgan fingerprint density at radius 2 is 1.79 bits per heavy atom. The molecule has 2 N–H and O–H groups in total. The summed E-state index contributed by atoms with van der Waals surface area (Å²) in [5.41, 5.74) is 1.96. The van der Waals surface area contributed by atoms with Crippen LogP contribution in [0.3, 0.4) is 0 Å². The fourth-order valence-electron chi connectivity index (χ4n) is 3.24. The highest BCUT2D eigenvalue weighted by molar-refractivity contribution is 5.90. The highest BCUT2D eigenvalue weighted by Gasteiger charge is 2.20. The van der Waals surface area contributed by atoms with E-state index in [2.05, 4.69) is 35.4 Å². The number of amides is 1. The van der Waals surface area contributed by atoms with Crippen LogP contribution in [0.5, 0.6) is 0 Å². The Balaban J connectivity index is 1.48. The molecule has 0 bridgehead atoms. The number of rotatable bonds is 6. The van der Waals surface area contributed by atoms with E-state index in [-0.39, 0.29) is 5.91 Å². The first-order valence-corrected chi connectivity index (χ1v) is 10.1. The van der Waals surface area contributed by atoms with Crippen LogP contribution in [0.25, 0.3) is 0 Å². The van der Waals surface area contributed by atoms with E-state index in [9.17, 15) is 4.79 Å². The zero-order valence-electron chi connectivity index (χ0n) is 17.1. The van der Waals surface area contributed by atoms with Crippen LogP contribution in [0.2, 0.25) is 0 Å². The molecule has 1 aliphatic rings. The molecule has 1 aromatic carbocycles. The Bertz CT molecular complexity index is 800. The number of hydrogen-bond donors (Lipinski definition) is 2. The molecule has 0 atom stereocenters. The minimum atomic E-state index is 0.0545. The number of carbonyl (C=O) groups is 1. The number of anilines is 2. The van der Waals surface area contributed by atoms with Crippen molar-refractivity contribution in [1.82, 2.24) is 20.2 Å². The van der Waals surface area contributed by atoms with Crippen molar-refractivity contribution in [3.63, 3.8) is 0 Å². The monoisotopic (exact) mass is 395 g/mol. The summed E-state index contributed by atoms with van der Waals surface area (Å²) < 4.78 is 0. The molecule has 1 saturated heterocycles. The van der Waals surface area contributed by atoms with Gasteiger partial charge in [-0.3, -0.25) is 9.79 Å². The highest BCUT2D eigenvalue weighted by Crippen LogP contribution is 2.12. The highest BCUT2D eigenvalue weighted by atomic mass is 16.1. The van der Waals surface area contributed by atoms with E-state index in [1.54, 1.807) is 19.4 Å². The third kappa shape index (κ3) is 5.91. The van der Waals surface area contributed by atoms with Crippen LogP contribution in [0.1, 0.15) is 25.3 Å². The first-order chi connectivity index (χ1) is 14.2. The molecule has 29 heavy (non-hydrogen) atoms. The Labute approximate surface area is 172 Å². The summed E-state index contributed by atoms with van der Waals surface area (Å²) in [7, 11) is 1.81. The molecule has 3 rings (SSSR count). The second-order valence-electron chi connectivity index (χ2n) is 6.92. The van der Waals surface area contributed by atoms with E-state index in [1.165, 1.54) is 0 Å². The van der Waals surface area contributed by atoms with Crippen molar-refractivity contribution in [2.24, 2.45) is 4.99 Å². The average Bonchev–Trinajstić information content (AvgIpc) is 2.76. The van der Waals surface area contributed by atoms with Gasteiger partial charge < -0.3 is 20.4 Å². The fraction of sp³-hybridized carbons (Fsp3) is 0.429. The number of aromatic nitrogens is 2. The quantitative estimate of drug-likeness (QED) is 0.576. The van der Waals surface area contributed by atoms with Crippen molar-refractivity contribution < 1.29 is 4.79 Å². The normalized spacial score (nSPS) is 14.6. The molecule has 0 spiro atoms. The van der Waals surface area contributed by atoms with Crippen LogP contribution >= 0.6 is 0 Å². The minimum absolute atomic E-state index is 0.0545. The van der Waals surface area contributed by atoms with Gasteiger partial charge in [-0.25, -0.2) is 9.97 Å². The first-order valence-electron chi connectivity index (χ1n) is 10.1. The van der Waals surface area contributed by atoms with E-state index in [0.717, 1.165) is 55.8 Å². The van der Waals surface area contributed by atoms with Crippen molar-refractivity contribution in [1.29, 1.82) is 0 Å². The zero-order chi connectivity index (χ0) is 20.5. The van der Waals surface area contributed by atoms with E-state index in [4.69, 9.17) is 0 Å². The lowest BCUT2D eigenvalue weighted by Gasteiger charge is -2.36. The summed E-state index contributed by atoms with van der Waals surface area (Å²) in [6.45, 7) is 6.11. The summed E-state index contributed by atoms with van der Waals surface area (Å²) >= 11 is 0. The van der Waals surface area contributed by atoms with Crippen LogP contribution in [0.4, 0.5) is 11.6 Å². The molecule has 8 nitrogen and oxygen atoms in total. The van der Waals surface area contributed by atoms with Crippen molar-refractivity contribution in [3.8, 4) is 0 Å². The van der Waals surface area contributed by atoms with Crippen molar-refractivity contribution in [3.05, 3.63) is 48.3 Å². The molecule has 0 unspecified atom stereocenters. The number of benzene rings is 1. The standard InChI is InChI=1S/C21H29N7O/c1-3-5-19(29)26-18-8-6-17(7-9-18)16-25-20(22-2)27-12-14-28(15-13-27)21-23-10-4-11-24-21/h4,6-11H,3,5,12-16H2,1-2H3,(H,22,25)(H,26,29). The molecule has 1 aromatic heterocycles. The average molecular weight is 396 g/mol. The van der Waals surface area contributed by atoms with Gasteiger partial charge >= 0.3 is 0 Å². The predicted octanol–water partition coefficient (Wildman–Crippen LogP) is 2.11. The number of piperazine rings is 1. The molecular weight excluding hydrogens is 366 g/mol. The lowest BCUT2D eigenvalue weighted by atomic mass is 10.2. The predicted molar refractivity (Wildman–Crippen MR) is 116 cm³/mol. The third-order valence-corrected chi connectivity index (χ3v) is 4.79. The van der Waals surface area contributed by atoms with Gasteiger partial charge in [-0.05, 0) is 30.2 Å². The Hall–Kier alpha value is -3.16. The van der Waals surface area contributed by atoms with Crippen LogP contribution in [0, 0.1) is 0 Å². The SMILES string of the molecule is CCCC(=O)Nc1ccc(CNC(=NC)N2CCN(c3ncccn3)CC2)cc1. The topological polar surface area (TPSA) is 85.8 Å². The molecule has 0 aliphatic carbocycles.